The summed E-state index contributed by atoms with van der Waals surface area (Å²) in [5, 5.41) is 8.75. The van der Waals surface area contributed by atoms with Crippen molar-refractivity contribution in [2.45, 2.75) is 6.61 Å². The van der Waals surface area contributed by atoms with Crippen LogP contribution in [0.4, 0.5) is 0 Å². The van der Waals surface area contributed by atoms with E-state index in [2.05, 4.69) is 0 Å². The number of hydrogen-bond donors (Lipinski definition) is 1. The minimum atomic E-state index is -1.01. The SMILES string of the molecule is COc1ccc(/C=C/C(=O)O)cc1COc1c(OC)cccc1OC. The van der Waals surface area contributed by atoms with E-state index in [1.54, 1.807) is 51.7 Å². The van der Waals surface area contributed by atoms with E-state index in [0.717, 1.165) is 17.2 Å². The van der Waals surface area contributed by atoms with Gasteiger partial charge in [0.15, 0.2) is 11.5 Å². The topological polar surface area (TPSA) is 74.2 Å². The predicted octanol–water partition coefficient (Wildman–Crippen LogP) is 3.39. The van der Waals surface area contributed by atoms with E-state index < -0.39 is 5.97 Å². The maximum absolute atomic E-state index is 10.7. The molecule has 0 heterocycles. The molecular formula is C19H20O6. The van der Waals surface area contributed by atoms with Gasteiger partial charge < -0.3 is 24.1 Å². The van der Waals surface area contributed by atoms with Gasteiger partial charge in [0.1, 0.15) is 12.4 Å². The second-order valence-corrected chi connectivity index (χ2v) is 5.02. The number of carbonyl (C=O) groups is 1. The maximum Gasteiger partial charge on any atom is 0.328 e. The van der Waals surface area contributed by atoms with Crippen LogP contribution in [0.3, 0.4) is 0 Å². The average Bonchev–Trinajstić information content (AvgIpc) is 2.64. The first-order valence-electron chi connectivity index (χ1n) is 7.50. The molecule has 6 heteroatoms. The highest BCUT2D eigenvalue weighted by Crippen LogP contribution is 2.37. The molecule has 0 spiro atoms. The van der Waals surface area contributed by atoms with Crippen LogP contribution in [0.5, 0.6) is 23.0 Å². The molecule has 0 aliphatic heterocycles. The van der Waals surface area contributed by atoms with Crippen molar-refractivity contribution in [2.75, 3.05) is 21.3 Å². The molecule has 2 aromatic carbocycles. The zero-order valence-electron chi connectivity index (χ0n) is 14.3. The number of para-hydroxylation sites is 1. The largest absolute Gasteiger partial charge is 0.496 e. The molecule has 1 N–H and O–H groups in total. The third-order valence-electron chi connectivity index (χ3n) is 3.48. The van der Waals surface area contributed by atoms with E-state index in [-0.39, 0.29) is 6.61 Å². The van der Waals surface area contributed by atoms with Crippen molar-refractivity contribution in [3.8, 4) is 23.0 Å². The predicted molar refractivity (Wildman–Crippen MR) is 93.5 cm³/mol. The van der Waals surface area contributed by atoms with E-state index in [1.807, 2.05) is 6.07 Å². The first-order chi connectivity index (χ1) is 12.1. The number of ether oxygens (including phenoxy) is 4. The Kier molecular flexibility index (Phi) is 6.28. The molecule has 0 saturated carbocycles. The summed E-state index contributed by atoms with van der Waals surface area (Å²) in [4.78, 5) is 10.7. The molecule has 25 heavy (non-hydrogen) atoms. The van der Waals surface area contributed by atoms with Crippen LogP contribution in [0.2, 0.25) is 0 Å². The van der Waals surface area contributed by atoms with Crippen LogP contribution in [0, 0.1) is 0 Å². The number of methoxy groups -OCH3 is 3. The van der Waals surface area contributed by atoms with Gasteiger partial charge in [0.2, 0.25) is 5.75 Å². The summed E-state index contributed by atoms with van der Waals surface area (Å²) in [5.41, 5.74) is 1.50. The molecule has 2 rings (SSSR count). The third kappa shape index (κ3) is 4.67. The molecule has 0 bridgehead atoms. The van der Waals surface area contributed by atoms with Gasteiger partial charge in [-0.15, -0.1) is 0 Å². The summed E-state index contributed by atoms with van der Waals surface area (Å²) in [5.74, 6) is 1.23. The van der Waals surface area contributed by atoms with Crippen molar-refractivity contribution in [2.24, 2.45) is 0 Å². The molecule has 0 radical (unpaired) electrons. The normalized spacial score (nSPS) is 10.5. The fourth-order valence-electron chi connectivity index (χ4n) is 2.29. The minimum Gasteiger partial charge on any atom is -0.496 e. The lowest BCUT2D eigenvalue weighted by molar-refractivity contribution is -0.131. The van der Waals surface area contributed by atoms with Crippen LogP contribution < -0.4 is 18.9 Å². The second kappa shape index (κ2) is 8.63. The van der Waals surface area contributed by atoms with E-state index in [9.17, 15) is 4.79 Å². The molecule has 2 aromatic rings. The van der Waals surface area contributed by atoms with E-state index >= 15 is 0 Å². The average molecular weight is 344 g/mol. The van der Waals surface area contributed by atoms with Gasteiger partial charge in [0.05, 0.1) is 21.3 Å². The summed E-state index contributed by atoms with van der Waals surface area (Å²) in [7, 11) is 4.67. The lowest BCUT2D eigenvalue weighted by atomic mass is 10.1. The van der Waals surface area contributed by atoms with Crippen molar-refractivity contribution >= 4 is 12.0 Å². The van der Waals surface area contributed by atoms with Crippen molar-refractivity contribution in [3.63, 3.8) is 0 Å². The van der Waals surface area contributed by atoms with E-state index in [4.69, 9.17) is 24.1 Å². The highest BCUT2D eigenvalue weighted by atomic mass is 16.5. The minimum absolute atomic E-state index is 0.203. The molecular weight excluding hydrogens is 324 g/mol. The van der Waals surface area contributed by atoms with Gasteiger partial charge in [-0.1, -0.05) is 12.1 Å². The standard InChI is InChI=1S/C19H20O6/c1-22-15-9-7-13(8-10-18(20)21)11-14(15)12-25-19-16(23-2)5-4-6-17(19)24-3/h4-11H,12H2,1-3H3,(H,20,21)/b10-8+. The molecule has 0 amide bonds. The molecule has 0 fully saturated rings. The van der Waals surface area contributed by atoms with Gasteiger partial charge in [-0.25, -0.2) is 4.79 Å². The smallest absolute Gasteiger partial charge is 0.328 e. The van der Waals surface area contributed by atoms with Crippen molar-refractivity contribution < 1.29 is 28.8 Å². The summed E-state index contributed by atoms with van der Waals surface area (Å²) >= 11 is 0. The summed E-state index contributed by atoms with van der Waals surface area (Å²) in [6, 6.07) is 10.7. The lowest BCUT2D eigenvalue weighted by Crippen LogP contribution is -2.02. The number of carboxylic acids is 1. The van der Waals surface area contributed by atoms with Crippen LogP contribution >= 0.6 is 0 Å². The van der Waals surface area contributed by atoms with Gasteiger partial charge in [0.25, 0.3) is 0 Å². The fraction of sp³-hybridized carbons (Fsp3) is 0.211. The van der Waals surface area contributed by atoms with Crippen molar-refractivity contribution in [1.29, 1.82) is 0 Å². The Labute approximate surface area is 146 Å². The quantitative estimate of drug-likeness (QED) is 0.740. The van der Waals surface area contributed by atoms with Crippen molar-refractivity contribution in [3.05, 3.63) is 53.6 Å². The van der Waals surface area contributed by atoms with Gasteiger partial charge in [-0.05, 0) is 35.9 Å². The molecule has 0 unspecified atom stereocenters. The van der Waals surface area contributed by atoms with Crippen LogP contribution in [0.25, 0.3) is 6.08 Å². The van der Waals surface area contributed by atoms with Crippen LogP contribution in [0.15, 0.2) is 42.5 Å². The fourth-order valence-corrected chi connectivity index (χ4v) is 2.29. The van der Waals surface area contributed by atoms with Crippen LogP contribution in [-0.4, -0.2) is 32.4 Å². The van der Waals surface area contributed by atoms with Crippen LogP contribution in [0.1, 0.15) is 11.1 Å². The van der Waals surface area contributed by atoms with E-state index in [0.29, 0.717) is 23.0 Å². The van der Waals surface area contributed by atoms with Crippen LogP contribution in [-0.2, 0) is 11.4 Å². The molecule has 0 aliphatic rings. The number of benzene rings is 2. The Hall–Kier alpha value is -3.15. The molecule has 0 aliphatic carbocycles. The number of carboxylic acid groups (broad SMARTS) is 1. The Morgan fingerprint density at radius 2 is 1.64 bits per heavy atom. The van der Waals surface area contributed by atoms with E-state index in [1.165, 1.54) is 6.08 Å². The molecule has 132 valence electrons. The number of rotatable bonds is 8. The summed E-state index contributed by atoms with van der Waals surface area (Å²) in [6.45, 7) is 0.203. The Bertz CT molecular complexity index is 744. The zero-order chi connectivity index (χ0) is 18.2. The Balaban J connectivity index is 2.28. The highest BCUT2D eigenvalue weighted by molar-refractivity contribution is 5.85. The van der Waals surface area contributed by atoms with Gasteiger partial charge in [0, 0.05) is 11.6 Å². The molecule has 6 nitrogen and oxygen atoms in total. The summed E-state index contributed by atoms with van der Waals surface area (Å²) < 4.78 is 21.9. The van der Waals surface area contributed by atoms with Crippen molar-refractivity contribution in [1.82, 2.24) is 0 Å². The summed E-state index contributed by atoms with van der Waals surface area (Å²) in [6.07, 6.45) is 2.59. The number of hydrogen-bond acceptors (Lipinski definition) is 5. The maximum atomic E-state index is 10.7. The number of aliphatic carboxylic acids is 1. The van der Waals surface area contributed by atoms with Gasteiger partial charge in [-0.3, -0.25) is 0 Å². The molecule has 0 atom stereocenters. The zero-order valence-corrected chi connectivity index (χ0v) is 14.3. The third-order valence-corrected chi connectivity index (χ3v) is 3.48. The van der Waals surface area contributed by atoms with Gasteiger partial charge >= 0.3 is 5.97 Å². The Morgan fingerprint density at radius 1 is 1.00 bits per heavy atom. The Morgan fingerprint density at radius 3 is 2.20 bits per heavy atom. The van der Waals surface area contributed by atoms with Gasteiger partial charge in [-0.2, -0.15) is 0 Å². The molecule has 0 aromatic heterocycles. The first-order valence-corrected chi connectivity index (χ1v) is 7.50. The lowest BCUT2D eigenvalue weighted by Gasteiger charge is -2.15. The monoisotopic (exact) mass is 344 g/mol. The first kappa shape index (κ1) is 18.2. The highest BCUT2D eigenvalue weighted by Gasteiger charge is 2.13. The molecule has 0 saturated heterocycles. The second-order valence-electron chi connectivity index (χ2n) is 5.02.